The summed E-state index contributed by atoms with van der Waals surface area (Å²) in [5.74, 6) is 2.06. The first kappa shape index (κ1) is 16.2. The predicted molar refractivity (Wildman–Crippen MR) is 92.6 cm³/mol. The fraction of sp³-hybridized carbons (Fsp3) is 0.444. The lowest BCUT2D eigenvalue weighted by Gasteiger charge is -2.25. The molecule has 1 saturated carbocycles. The van der Waals surface area contributed by atoms with Gasteiger partial charge < -0.3 is 4.74 Å². The fourth-order valence-corrected chi connectivity index (χ4v) is 4.65. The second-order valence-electron chi connectivity index (χ2n) is 7.01. The largest absolute Gasteiger partial charge is 0.454 e. The predicted octanol–water partition coefficient (Wildman–Crippen LogP) is 3.01. The molecule has 2 aromatic rings. The lowest BCUT2D eigenvalue weighted by atomic mass is 10.0. The highest BCUT2D eigenvalue weighted by Crippen LogP contribution is 2.45. The molecule has 0 atom stereocenters. The Bertz CT molecular complexity index is 962. The summed E-state index contributed by atoms with van der Waals surface area (Å²) in [4.78, 5) is 0. The third-order valence-electron chi connectivity index (χ3n) is 4.80. The van der Waals surface area contributed by atoms with Crippen LogP contribution in [-0.2, 0) is 9.84 Å². The van der Waals surface area contributed by atoms with Crippen molar-refractivity contribution >= 4 is 9.84 Å². The van der Waals surface area contributed by atoms with Crippen LogP contribution in [-0.4, -0.2) is 29.7 Å². The first-order valence-electron chi connectivity index (χ1n) is 8.35. The van der Waals surface area contributed by atoms with Crippen LogP contribution in [0.4, 0.5) is 0 Å². The zero-order valence-electron chi connectivity index (χ0n) is 14.2. The van der Waals surface area contributed by atoms with Gasteiger partial charge in [-0.3, -0.25) is 4.68 Å². The van der Waals surface area contributed by atoms with Gasteiger partial charge in [-0.25, -0.2) is 8.42 Å². The van der Waals surface area contributed by atoms with Crippen LogP contribution < -0.4 is 4.74 Å². The van der Waals surface area contributed by atoms with Gasteiger partial charge in [-0.1, -0.05) is 0 Å². The number of benzene rings is 1. The van der Waals surface area contributed by atoms with Gasteiger partial charge in [-0.2, -0.15) is 10.4 Å². The average molecular weight is 357 g/mol. The molecule has 7 heteroatoms. The van der Waals surface area contributed by atoms with Gasteiger partial charge in [0.15, 0.2) is 15.6 Å². The summed E-state index contributed by atoms with van der Waals surface area (Å²) in [6.45, 7) is 3.78. The molecule has 0 unspecified atom stereocenters. The normalized spacial score (nSPS) is 19.2. The van der Waals surface area contributed by atoms with E-state index in [1.807, 2.05) is 32.2 Å². The van der Waals surface area contributed by atoms with Crippen molar-refractivity contribution in [2.75, 3.05) is 11.5 Å². The number of hydrogen-bond donors (Lipinski definition) is 0. The SMILES string of the molecule is Cc1cc(Oc2cn(C3CS(=O)(=O)C3)nc2C2CC2)cc(C)c1C#N. The van der Waals surface area contributed by atoms with E-state index in [0.717, 1.165) is 29.7 Å². The number of hydrogen-bond acceptors (Lipinski definition) is 5. The second kappa shape index (κ2) is 5.60. The molecule has 25 heavy (non-hydrogen) atoms. The smallest absolute Gasteiger partial charge is 0.168 e. The van der Waals surface area contributed by atoms with Crippen molar-refractivity contribution < 1.29 is 13.2 Å². The molecule has 0 radical (unpaired) electrons. The van der Waals surface area contributed by atoms with Crippen LogP contribution in [0.15, 0.2) is 18.3 Å². The Morgan fingerprint density at radius 2 is 1.88 bits per heavy atom. The molecule has 6 nitrogen and oxygen atoms in total. The van der Waals surface area contributed by atoms with Crippen molar-refractivity contribution in [3.63, 3.8) is 0 Å². The van der Waals surface area contributed by atoms with Gasteiger partial charge in [-0.05, 0) is 49.9 Å². The fourth-order valence-electron chi connectivity index (χ4n) is 3.27. The monoisotopic (exact) mass is 357 g/mol. The molecular formula is C18H19N3O3S. The summed E-state index contributed by atoms with van der Waals surface area (Å²) in [6, 6.07) is 5.82. The quantitative estimate of drug-likeness (QED) is 0.840. The van der Waals surface area contributed by atoms with Crippen LogP contribution in [0.1, 0.15) is 47.2 Å². The molecule has 130 valence electrons. The highest BCUT2D eigenvalue weighted by Gasteiger charge is 2.38. The summed E-state index contributed by atoms with van der Waals surface area (Å²) in [6.07, 6.45) is 3.99. The summed E-state index contributed by atoms with van der Waals surface area (Å²) in [5, 5.41) is 13.8. The van der Waals surface area contributed by atoms with Crippen molar-refractivity contribution in [2.24, 2.45) is 0 Å². The van der Waals surface area contributed by atoms with Gasteiger partial charge >= 0.3 is 0 Å². The Hall–Kier alpha value is -2.33. The van der Waals surface area contributed by atoms with Gasteiger partial charge in [0.05, 0.1) is 35.4 Å². The van der Waals surface area contributed by atoms with Crippen molar-refractivity contribution in [3.05, 3.63) is 40.7 Å². The summed E-state index contributed by atoms with van der Waals surface area (Å²) in [7, 11) is -2.90. The number of rotatable bonds is 4. The summed E-state index contributed by atoms with van der Waals surface area (Å²) >= 11 is 0. The molecule has 0 spiro atoms. The minimum atomic E-state index is -2.90. The van der Waals surface area contributed by atoms with E-state index in [0.29, 0.717) is 23.0 Å². The lowest BCUT2D eigenvalue weighted by Crippen LogP contribution is -2.38. The number of aromatic nitrogens is 2. The van der Waals surface area contributed by atoms with Gasteiger partial charge in [-0.15, -0.1) is 0 Å². The molecule has 1 saturated heterocycles. The number of aryl methyl sites for hydroxylation is 2. The van der Waals surface area contributed by atoms with Crippen molar-refractivity contribution in [3.8, 4) is 17.6 Å². The van der Waals surface area contributed by atoms with Crippen LogP contribution >= 0.6 is 0 Å². The van der Waals surface area contributed by atoms with Gasteiger partial charge in [0.1, 0.15) is 11.4 Å². The molecule has 2 aliphatic rings. The van der Waals surface area contributed by atoms with Crippen molar-refractivity contribution in [2.45, 2.75) is 38.6 Å². The molecule has 2 fully saturated rings. The Kier molecular flexibility index (Phi) is 3.62. The van der Waals surface area contributed by atoms with Crippen molar-refractivity contribution in [1.29, 1.82) is 5.26 Å². The van der Waals surface area contributed by atoms with E-state index in [4.69, 9.17) is 4.74 Å². The second-order valence-corrected chi connectivity index (χ2v) is 9.16. The van der Waals surface area contributed by atoms with Crippen molar-refractivity contribution in [1.82, 2.24) is 9.78 Å². The highest BCUT2D eigenvalue weighted by atomic mass is 32.2. The molecule has 0 bridgehead atoms. The molecule has 0 N–H and O–H groups in total. The minimum absolute atomic E-state index is 0.0933. The number of ether oxygens (including phenoxy) is 1. The molecule has 2 heterocycles. The van der Waals surface area contributed by atoms with E-state index < -0.39 is 9.84 Å². The number of nitriles is 1. The van der Waals surface area contributed by atoms with Crippen LogP contribution in [0.5, 0.6) is 11.5 Å². The maximum Gasteiger partial charge on any atom is 0.168 e. The van der Waals surface area contributed by atoms with Gasteiger partial charge in [0.2, 0.25) is 0 Å². The first-order valence-corrected chi connectivity index (χ1v) is 10.2. The van der Waals surface area contributed by atoms with E-state index >= 15 is 0 Å². The van der Waals surface area contributed by atoms with E-state index in [-0.39, 0.29) is 17.5 Å². The Balaban J connectivity index is 1.64. The maximum atomic E-state index is 11.4. The van der Waals surface area contributed by atoms with Crippen LogP contribution in [0, 0.1) is 25.2 Å². The minimum Gasteiger partial charge on any atom is -0.454 e. The summed E-state index contributed by atoms with van der Waals surface area (Å²) in [5.41, 5.74) is 3.33. The number of sulfone groups is 1. The third kappa shape index (κ3) is 3.02. The topological polar surface area (TPSA) is 85.0 Å². The average Bonchev–Trinajstić information content (AvgIpc) is 3.26. The molecule has 1 aliphatic carbocycles. The van der Waals surface area contributed by atoms with Crippen LogP contribution in [0.3, 0.4) is 0 Å². The molecular weight excluding hydrogens is 338 g/mol. The summed E-state index contributed by atoms with van der Waals surface area (Å²) < 4.78 is 30.7. The molecule has 1 aliphatic heterocycles. The van der Waals surface area contributed by atoms with Gasteiger partial charge in [0, 0.05) is 5.92 Å². The maximum absolute atomic E-state index is 11.4. The molecule has 0 amide bonds. The van der Waals surface area contributed by atoms with E-state index in [9.17, 15) is 13.7 Å². The first-order chi connectivity index (χ1) is 11.9. The Labute approximate surface area is 147 Å². The third-order valence-corrected chi connectivity index (χ3v) is 6.59. The zero-order valence-corrected chi connectivity index (χ0v) is 15.0. The zero-order chi connectivity index (χ0) is 17.8. The molecule has 4 rings (SSSR count). The Morgan fingerprint density at radius 3 is 2.40 bits per heavy atom. The number of nitrogens with zero attached hydrogens (tertiary/aromatic N) is 3. The lowest BCUT2D eigenvalue weighted by molar-refractivity contribution is 0.462. The standard InChI is InChI=1S/C18H19N3O3S/c1-11-5-15(6-12(2)16(11)7-19)24-17-8-21(14-9-25(22,23)10-14)20-18(17)13-3-4-13/h5-6,8,13-14H,3-4,9-10H2,1-2H3. The highest BCUT2D eigenvalue weighted by molar-refractivity contribution is 7.92. The van der Waals surface area contributed by atoms with E-state index in [1.165, 1.54) is 0 Å². The van der Waals surface area contributed by atoms with E-state index in [2.05, 4.69) is 11.2 Å². The molecule has 1 aromatic heterocycles. The van der Waals surface area contributed by atoms with Gasteiger partial charge in [0.25, 0.3) is 0 Å². The van der Waals surface area contributed by atoms with E-state index in [1.54, 1.807) is 4.68 Å². The Morgan fingerprint density at radius 1 is 1.24 bits per heavy atom. The van der Waals surface area contributed by atoms with Crippen LogP contribution in [0.2, 0.25) is 0 Å². The van der Waals surface area contributed by atoms with Crippen LogP contribution in [0.25, 0.3) is 0 Å². The molecule has 1 aromatic carbocycles.